The van der Waals surface area contributed by atoms with Gasteiger partial charge in [-0.15, -0.1) is 0 Å². The smallest absolute Gasteiger partial charge is 0.418 e. The van der Waals surface area contributed by atoms with Gasteiger partial charge in [-0.05, 0) is 19.1 Å². The number of nitro groups is 1. The van der Waals surface area contributed by atoms with E-state index in [2.05, 4.69) is 4.74 Å². The number of carbonyl (C=O) groups excluding carboxylic acids is 1. The highest BCUT2D eigenvalue weighted by atomic mass is 16.6. The Morgan fingerprint density at radius 1 is 1.33 bits per heavy atom. The van der Waals surface area contributed by atoms with Crippen molar-refractivity contribution >= 4 is 12.2 Å². The van der Waals surface area contributed by atoms with Crippen LogP contribution in [0.2, 0.25) is 0 Å². The Balaban J connectivity index is 3.43. The summed E-state index contributed by atoms with van der Waals surface area (Å²) in [4.78, 5) is 20.7. The molecule has 0 spiro atoms. The van der Waals surface area contributed by atoms with Crippen molar-refractivity contribution in [3.63, 3.8) is 0 Å². The third-order valence-electron chi connectivity index (χ3n) is 2.40. The van der Waals surface area contributed by atoms with Gasteiger partial charge in [-0.2, -0.15) is 0 Å². The van der Waals surface area contributed by atoms with E-state index in [9.17, 15) is 14.9 Å². The predicted molar refractivity (Wildman–Crippen MR) is 61.4 cm³/mol. The van der Waals surface area contributed by atoms with Crippen molar-refractivity contribution in [2.45, 2.75) is 13.0 Å². The molecule has 0 aromatic heterocycles. The molecule has 0 saturated heterocycles. The second kappa shape index (κ2) is 5.85. The molecule has 0 aliphatic carbocycles. The minimum absolute atomic E-state index is 0.0126. The maximum absolute atomic E-state index is 11.1. The molecule has 1 aromatic rings. The van der Waals surface area contributed by atoms with Crippen LogP contribution in [0.15, 0.2) is 12.1 Å². The zero-order valence-electron chi connectivity index (χ0n) is 10.1. The average Bonchev–Trinajstić information content (AvgIpc) is 2.36. The van der Waals surface area contributed by atoms with Crippen molar-refractivity contribution in [1.29, 1.82) is 0 Å². The Kier molecular flexibility index (Phi) is 4.47. The number of nitro benzene ring substituents is 1. The molecule has 1 unspecified atom stereocenters. The summed E-state index contributed by atoms with van der Waals surface area (Å²) in [6.07, 6.45) is -0.803. The van der Waals surface area contributed by atoms with Crippen LogP contribution in [-0.2, 0) is 9.53 Å². The van der Waals surface area contributed by atoms with E-state index in [1.807, 2.05) is 0 Å². The van der Waals surface area contributed by atoms with Crippen LogP contribution in [-0.4, -0.2) is 25.6 Å². The van der Waals surface area contributed by atoms with Gasteiger partial charge in [0.05, 0.1) is 24.7 Å². The summed E-state index contributed by atoms with van der Waals surface area (Å²) >= 11 is 0. The predicted octanol–water partition coefficient (Wildman–Crippen LogP) is 1.76. The molecular formula is C11H12NO6. The Labute approximate surface area is 103 Å². The fraction of sp³-hybridized carbons (Fsp3) is 0.364. The standard InChI is InChI=1S/C11H12NO6/c1-7(18-6-13)8-4-5-9(16-2)11(17-3)10(8)12(14)15/h4-5,7H,1-3H3. The van der Waals surface area contributed by atoms with Gasteiger partial charge in [0, 0.05) is 0 Å². The van der Waals surface area contributed by atoms with Crippen LogP contribution in [0.3, 0.4) is 0 Å². The van der Waals surface area contributed by atoms with Gasteiger partial charge in [-0.3, -0.25) is 10.1 Å². The summed E-state index contributed by atoms with van der Waals surface area (Å²) in [6, 6.07) is 2.95. The van der Waals surface area contributed by atoms with Crippen molar-refractivity contribution in [3.8, 4) is 11.5 Å². The van der Waals surface area contributed by atoms with Crippen molar-refractivity contribution < 1.29 is 23.9 Å². The molecule has 0 heterocycles. The fourth-order valence-corrected chi connectivity index (χ4v) is 1.58. The van der Waals surface area contributed by atoms with Crippen molar-refractivity contribution in [3.05, 3.63) is 27.8 Å². The van der Waals surface area contributed by atoms with E-state index in [1.165, 1.54) is 39.7 Å². The van der Waals surface area contributed by atoms with Gasteiger partial charge in [0.2, 0.25) is 5.75 Å². The van der Waals surface area contributed by atoms with Gasteiger partial charge >= 0.3 is 12.2 Å². The van der Waals surface area contributed by atoms with Crippen LogP contribution in [0, 0.1) is 10.1 Å². The van der Waals surface area contributed by atoms with Crippen LogP contribution < -0.4 is 9.47 Å². The summed E-state index contributed by atoms with van der Waals surface area (Å²) in [6.45, 7) is 2.75. The van der Waals surface area contributed by atoms with Crippen LogP contribution in [0.1, 0.15) is 18.6 Å². The molecule has 0 bridgehead atoms. The highest BCUT2D eigenvalue weighted by Gasteiger charge is 2.28. The first kappa shape index (κ1) is 13.8. The van der Waals surface area contributed by atoms with Gasteiger partial charge in [-0.25, -0.2) is 4.79 Å². The highest BCUT2D eigenvalue weighted by molar-refractivity contribution is 5.61. The third kappa shape index (κ3) is 2.50. The van der Waals surface area contributed by atoms with E-state index >= 15 is 0 Å². The molecule has 0 N–H and O–H groups in total. The lowest BCUT2D eigenvalue weighted by atomic mass is 10.1. The first-order valence-electron chi connectivity index (χ1n) is 4.98. The molecule has 0 saturated carbocycles. The molecule has 0 aliphatic rings. The van der Waals surface area contributed by atoms with Gasteiger partial charge in [-0.1, -0.05) is 0 Å². The third-order valence-corrected chi connectivity index (χ3v) is 2.40. The van der Waals surface area contributed by atoms with Crippen LogP contribution in [0.25, 0.3) is 0 Å². The minimum atomic E-state index is -0.803. The number of methoxy groups -OCH3 is 2. The Hall–Kier alpha value is -2.31. The van der Waals surface area contributed by atoms with Crippen LogP contribution in [0.4, 0.5) is 5.69 Å². The number of rotatable bonds is 6. The molecule has 97 valence electrons. The first-order valence-corrected chi connectivity index (χ1v) is 4.98. The molecule has 1 radical (unpaired) electrons. The summed E-state index contributed by atoms with van der Waals surface area (Å²) in [5.41, 5.74) is -0.0828. The monoisotopic (exact) mass is 254 g/mol. The van der Waals surface area contributed by atoms with Gasteiger partial charge < -0.3 is 14.2 Å². The van der Waals surface area contributed by atoms with Gasteiger partial charge in [0.1, 0.15) is 6.10 Å². The maximum Gasteiger partial charge on any atom is 0.418 e. The summed E-state index contributed by atoms with van der Waals surface area (Å²) in [7, 11) is 2.67. The number of hydrogen-bond donors (Lipinski definition) is 0. The van der Waals surface area contributed by atoms with Crippen molar-refractivity contribution in [2.75, 3.05) is 14.2 Å². The largest absolute Gasteiger partial charge is 0.493 e. The average molecular weight is 254 g/mol. The molecule has 0 aliphatic heterocycles. The molecule has 7 nitrogen and oxygen atoms in total. The Bertz CT molecular complexity index is 459. The molecule has 18 heavy (non-hydrogen) atoms. The lowest BCUT2D eigenvalue weighted by Crippen LogP contribution is -2.05. The Morgan fingerprint density at radius 3 is 2.44 bits per heavy atom. The van der Waals surface area contributed by atoms with E-state index in [4.69, 9.17) is 9.47 Å². The van der Waals surface area contributed by atoms with Gasteiger partial charge in [0.15, 0.2) is 5.75 Å². The van der Waals surface area contributed by atoms with E-state index < -0.39 is 11.0 Å². The zero-order chi connectivity index (χ0) is 13.7. The van der Waals surface area contributed by atoms with Gasteiger partial charge in [0.25, 0.3) is 0 Å². The molecular weight excluding hydrogens is 242 g/mol. The van der Waals surface area contributed by atoms with E-state index in [0.717, 1.165) is 0 Å². The number of ether oxygens (including phenoxy) is 3. The highest BCUT2D eigenvalue weighted by Crippen LogP contribution is 2.42. The number of nitrogens with zero attached hydrogens (tertiary/aromatic N) is 1. The summed E-state index contributed by atoms with van der Waals surface area (Å²) in [5.74, 6) is 0.219. The Morgan fingerprint density at radius 2 is 2.00 bits per heavy atom. The minimum Gasteiger partial charge on any atom is -0.493 e. The van der Waals surface area contributed by atoms with Crippen molar-refractivity contribution in [2.24, 2.45) is 0 Å². The van der Waals surface area contributed by atoms with E-state index in [-0.39, 0.29) is 22.7 Å². The van der Waals surface area contributed by atoms with Crippen LogP contribution >= 0.6 is 0 Å². The van der Waals surface area contributed by atoms with E-state index in [1.54, 1.807) is 0 Å². The summed E-state index contributed by atoms with van der Waals surface area (Å²) < 4.78 is 14.5. The SMILES string of the molecule is COc1ccc(C(C)O[C]=O)c([N+](=O)[O-])c1OC. The topological polar surface area (TPSA) is 87.9 Å². The first-order chi connectivity index (χ1) is 8.56. The lowest BCUT2D eigenvalue weighted by molar-refractivity contribution is -0.387. The molecule has 0 fully saturated rings. The molecule has 1 rings (SSSR count). The normalized spacial score (nSPS) is 11.5. The van der Waals surface area contributed by atoms with E-state index in [0.29, 0.717) is 0 Å². The quantitative estimate of drug-likeness (QED) is 0.567. The van der Waals surface area contributed by atoms with Crippen LogP contribution in [0.5, 0.6) is 11.5 Å². The second-order valence-corrected chi connectivity index (χ2v) is 3.34. The molecule has 7 heteroatoms. The number of hydrogen-bond acceptors (Lipinski definition) is 6. The molecule has 1 atom stereocenters. The zero-order valence-corrected chi connectivity index (χ0v) is 10.1. The molecule has 0 amide bonds. The lowest BCUT2D eigenvalue weighted by Gasteiger charge is -2.14. The van der Waals surface area contributed by atoms with Crippen molar-refractivity contribution in [1.82, 2.24) is 0 Å². The maximum atomic E-state index is 11.1. The second-order valence-electron chi connectivity index (χ2n) is 3.34. The fourth-order valence-electron chi connectivity index (χ4n) is 1.58. The number of benzene rings is 1. The summed E-state index contributed by atoms with van der Waals surface area (Å²) in [5, 5.41) is 11.1. The molecule has 1 aromatic carbocycles.